The molecule has 0 aliphatic heterocycles. The zero-order chi connectivity index (χ0) is 31.4. The molecule has 1 heterocycles. The molecule has 4 nitrogen and oxygen atoms in total. The number of anilines is 1. The molecule has 0 amide bonds. The van der Waals surface area contributed by atoms with Crippen LogP contribution >= 0.6 is 0 Å². The maximum absolute atomic E-state index is 6.26. The number of benzene rings is 7. The molecular formula is C42H32N4. The van der Waals surface area contributed by atoms with E-state index in [0.29, 0.717) is 11.6 Å². The molecule has 8 rings (SSSR count). The molecule has 8 aromatic rings. The van der Waals surface area contributed by atoms with Crippen molar-refractivity contribution in [1.82, 2.24) is 9.97 Å². The standard InChI is InChI=1S/C42H32N4/c1-25-26(2)45-42(41(43)44-25)46-27(3)30-20-21-37-38(24-30)40(34-19-17-29-11-5-7-13-32(29)23-34)36-15-9-8-14-35(36)39(37)33-18-16-28-10-4-6-12-31(28)22-33/h4-24H,1-3H3,(H2,43,44). The average Bonchev–Trinajstić information content (AvgIpc) is 3.08. The molecule has 0 spiro atoms. The number of aromatic nitrogens is 2. The highest BCUT2D eigenvalue weighted by molar-refractivity contribution is 6.23. The van der Waals surface area contributed by atoms with Gasteiger partial charge in [0.25, 0.3) is 0 Å². The van der Waals surface area contributed by atoms with E-state index < -0.39 is 0 Å². The largest absolute Gasteiger partial charge is 0.381 e. The fraction of sp³-hybridized carbons (Fsp3) is 0.0714. The minimum Gasteiger partial charge on any atom is -0.381 e. The van der Waals surface area contributed by atoms with Crippen molar-refractivity contribution in [1.29, 1.82) is 0 Å². The summed E-state index contributed by atoms with van der Waals surface area (Å²) in [5.41, 5.74) is 14.5. The number of rotatable bonds is 4. The third-order valence-corrected chi connectivity index (χ3v) is 9.11. The van der Waals surface area contributed by atoms with E-state index in [4.69, 9.17) is 10.7 Å². The molecule has 2 N–H and O–H groups in total. The van der Waals surface area contributed by atoms with Crippen LogP contribution < -0.4 is 5.73 Å². The van der Waals surface area contributed by atoms with Crippen molar-refractivity contribution < 1.29 is 0 Å². The van der Waals surface area contributed by atoms with Crippen LogP contribution in [0.15, 0.2) is 132 Å². The number of nitrogen functional groups attached to an aromatic ring is 1. The Morgan fingerprint density at radius 2 is 1.02 bits per heavy atom. The van der Waals surface area contributed by atoms with Crippen LogP contribution in [0.5, 0.6) is 0 Å². The van der Waals surface area contributed by atoms with Crippen molar-refractivity contribution in [2.45, 2.75) is 20.8 Å². The van der Waals surface area contributed by atoms with Gasteiger partial charge in [0, 0.05) is 5.71 Å². The Hall–Kier alpha value is -5.87. The lowest BCUT2D eigenvalue weighted by Gasteiger charge is -2.19. The van der Waals surface area contributed by atoms with Gasteiger partial charge in [0.1, 0.15) is 0 Å². The number of hydrogen-bond donors (Lipinski definition) is 1. The normalized spacial score (nSPS) is 12.0. The lowest BCUT2D eigenvalue weighted by molar-refractivity contribution is 1.05. The van der Waals surface area contributed by atoms with Gasteiger partial charge >= 0.3 is 0 Å². The fourth-order valence-electron chi connectivity index (χ4n) is 6.63. The summed E-state index contributed by atoms with van der Waals surface area (Å²) in [6.45, 7) is 5.86. The molecule has 1 aromatic heterocycles. The van der Waals surface area contributed by atoms with Crippen molar-refractivity contribution in [3.05, 3.63) is 144 Å². The van der Waals surface area contributed by atoms with Crippen LogP contribution in [0.4, 0.5) is 11.6 Å². The molecular weight excluding hydrogens is 560 g/mol. The van der Waals surface area contributed by atoms with Gasteiger partial charge in [-0.25, -0.2) is 15.0 Å². The Labute approximate surface area is 267 Å². The number of nitrogens with zero attached hydrogens (tertiary/aromatic N) is 3. The van der Waals surface area contributed by atoms with E-state index in [1.54, 1.807) is 0 Å². The summed E-state index contributed by atoms with van der Waals surface area (Å²) in [5, 5.41) is 9.70. The summed E-state index contributed by atoms with van der Waals surface area (Å²) >= 11 is 0. The number of aliphatic imine (C=N–C) groups is 1. The molecule has 4 heteroatoms. The quantitative estimate of drug-likeness (QED) is 0.163. The zero-order valence-electron chi connectivity index (χ0n) is 26.0. The van der Waals surface area contributed by atoms with Crippen molar-refractivity contribution in [3.63, 3.8) is 0 Å². The lowest BCUT2D eigenvalue weighted by atomic mass is 9.84. The summed E-state index contributed by atoms with van der Waals surface area (Å²) in [6, 6.07) is 46.1. The van der Waals surface area contributed by atoms with Gasteiger partial charge < -0.3 is 5.73 Å². The first-order chi connectivity index (χ1) is 22.4. The van der Waals surface area contributed by atoms with Gasteiger partial charge in [-0.2, -0.15) is 0 Å². The molecule has 0 bridgehead atoms. The summed E-state index contributed by atoms with van der Waals surface area (Å²) in [7, 11) is 0. The van der Waals surface area contributed by atoms with Crippen LogP contribution in [-0.2, 0) is 0 Å². The van der Waals surface area contributed by atoms with Crippen molar-refractivity contribution in [3.8, 4) is 22.3 Å². The highest BCUT2D eigenvalue weighted by atomic mass is 15.0. The molecule has 0 radical (unpaired) electrons. The third-order valence-electron chi connectivity index (χ3n) is 9.11. The van der Waals surface area contributed by atoms with E-state index >= 15 is 0 Å². The van der Waals surface area contributed by atoms with Crippen LogP contribution in [0.1, 0.15) is 23.9 Å². The van der Waals surface area contributed by atoms with Crippen molar-refractivity contribution in [2.75, 3.05) is 5.73 Å². The summed E-state index contributed by atoms with van der Waals surface area (Å²) in [5.74, 6) is 0.787. The zero-order valence-corrected chi connectivity index (χ0v) is 26.0. The Balaban J connectivity index is 1.44. The average molecular weight is 593 g/mol. The Kier molecular flexibility index (Phi) is 6.58. The summed E-state index contributed by atoms with van der Waals surface area (Å²) < 4.78 is 0. The van der Waals surface area contributed by atoms with Crippen LogP contribution in [0.3, 0.4) is 0 Å². The Bertz CT molecular complexity index is 2530. The molecule has 220 valence electrons. The summed E-state index contributed by atoms with van der Waals surface area (Å²) in [4.78, 5) is 14.0. The molecule has 0 atom stereocenters. The minimum atomic E-state index is 0.338. The van der Waals surface area contributed by atoms with Gasteiger partial charge in [0.15, 0.2) is 11.6 Å². The van der Waals surface area contributed by atoms with Crippen molar-refractivity contribution >= 4 is 60.4 Å². The molecule has 0 saturated heterocycles. The monoisotopic (exact) mass is 592 g/mol. The number of aryl methyl sites for hydroxylation is 2. The first-order valence-corrected chi connectivity index (χ1v) is 15.6. The van der Waals surface area contributed by atoms with Crippen LogP contribution in [0.2, 0.25) is 0 Å². The predicted octanol–water partition coefficient (Wildman–Crippen LogP) is 10.8. The predicted molar refractivity (Wildman–Crippen MR) is 195 cm³/mol. The van der Waals surface area contributed by atoms with E-state index in [1.165, 1.54) is 65.3 Å². The van der Waals surface area contributed by atoms with Gasteiger partial charge in [-0.15, -0.1) is 0 Å². The number of hydrogen-bond acceptors (Lipinski definition) is 4. The van der Waals surface area contributed by atoms with Gasteiger partial charge in [0.2, 0.25) is 0 Å². The first kappa shape index (κ1) is 27.7. The molecule has 7 aromatic carbocycles. The third kappa shape index (κ3) is 4.67. The van der Waals surface area contributed by atoms with E-state index in [-0.39, 0.29) is 0 Å². The molecule has 0 fully saturated rings. The SMILES string of the molecule is CC(=Nc1nc(C)c(C)nc1N)c1ccc2c(-c3ccc4ccccc4c3)c3ccccc3c(-c3ccc4ccccc4c3)c2c1. The highest BCUT2D eigenvalue weighted by Gasteiger charge is 2.18. The molecule has 0 unspecified atom stereocenters. The minimum absolute atomic E-state index is 0.338. The number of fused-ring (bicyclic) bond motifs is 4. The highest BCUT2D eigenvalue weighted by Crippen LogP contribution is 2.45. The molecule has 0 aliphatic carbocycles. The Morgan fingerprint density at radius 1 is 0.522 bits per heavy atom. The van der Waals surface area contributed by atoms with Gasteiger partial charge in [-0.1, -0.05) is 109 Å². The van der Waals surface area contributed by atoms with Crippen LogP contribution in [0.25, 0.3) is 65.3 Å². The second-order valence-electron chi connectivity index (χ2n) is 12.0. The topological polar surface area (TPSA) is 64.2 Å². The maximum atomic E-state index is 6.26. The second kappa shape index (κ2) is 10.9. The van der Waals surface area contributed by atoms with E-state index in [9.17, 15) is 0 Å². The Morgan fingerprint density at radius 3 is 1.63 bits per heavy atom. The molecule has 0 saturated carbocycles. The molecule has 0 aliphatic rings. The number of nitrogens with two attached hydrogens (primary N) is 1. The second-order valence-corrected chi connectivity index (χ2v) is 12.0. The van der Waals surface area contributed by atoms with Gasteiger partial charge in [-0.3, -0.25) is 0 Å². The van der Waals surface area contributed by atoms with E-state index in [2.05, 4.69) is 137 Å². The summed E-state index contributed by atoms with van der Waals surface area (Å²) in [6.07, 6.45) is 0. The molecule has 46 heavy (non-hydrogen) atoms. The smallest absolute Gasteiger partial charge is 0.195 e. The van der Waals surface area contributed by atoms with Crippen LogP contribution in [-0.4, -0.2) is 15.7 Å². The first-order valence-electron chi connectivity index (χ1n) is 15.6. The van der Waals surface area contributed by atoms with Crippen molar-refractivity contribution in [2.24, 2.45) is 4.99 Å². The van der Waals surface area contributed by atoms with E-state index in [1.807, 2.05) is 20.8 Å². The van der Waals surface area contributed by atoms with Gasteiger partial charge in [0.05, 0.1) is 11.4 Å². The van der Waals surface area contributed by atoms with E-state index in [0.717, 1.165) is 22.7 Å². The van der Waals surface area contributed by atoms with Gasteiger partial charge in [-0.05, 0) is 110 Å². The van der Waals surface area contributed by atoms with Crippen LogP contribution in [0, 0.1) is 13.8 Å². The lowest BCUT2D eigenvalue weighted by Crippen LogP contribution is -2.01. The fourth-order valence-corrected chi connectivity index (χ4v) is 6.63. The maximum Gasteiger partial charge on any atom is 0.195 e.